The van der Waals surface area contributed by atoms with Crippen molar-refractivity contribution in [2.24, 2.45) is 5.41 Å². The molecule has 0 aliphatic carbocycles. The van der Waals surface area contributed by atoms with Crippen LogP contribution < -0.4 is 10.1 Å². The molecule has 0 atom stereocenters. The van der Waals surface area contributed by atoms with Crippen molar-refractivity contribution in [1.29, 1.82) is 0 Å². The lowest BCUT2D eigenvalue weighted by molar-refractivity contribution is -0.0924. The van der Waals surface area contributed by atoms with Crippen molar-refractivity contribution < 1.29 is 13.9 Å². The van der Waals surface area contributed by atoms with Gasteiger partial charge in [0.05, 0.1) is 20.3 Å². The zero-order chi connectivity index (χ0) is 11.6. The minimum absolute atomic E-state index is 0.177. The van der Waals surface area contributed by atoms with Crippen LogP contribution in [0, 0.1) is 11.2 Å². The highest BCUT2D eigenvalue weighted by Gasteiger charge is 2.32. The molecule has 0 aromatic heterocycles. The second-order valence-corrected chi connectivity index (χ2v) is 4.51. The Kier molecular flexibility index (Phi) is 3.01. The van der Waals surface area contributed by atoms with Gasteiger partial charge in [-0.15, -0.1) is 0 Å². The summed E-state index contributed by atoms with van der Waals surface area (Å²) in [6.45, 7) is 4.46. The van der Waals surface area contributed by atoms with Gasteiger partial charge in [-0.3, -0.25) is 0 Å². The molecule has 0 bridgehead atoms. The number of rotatable bonds is 4. The molecule has 3 nitrogen and oxygen atoms in total. The fourth-order valence-corrected chi connectivity index (χ4v) is 1.64. The van der Waals surface area contributed by atoms with Crippen molar-refractivity contribution in [2.45, 2.75) is 6.92 Å². The molecule has 4 heteroatoms. The Labute approximate surface area is 94.6 Å². The molecule has 1 aromatic carbocycles. The number of hydrogen-bond donors (Lipinski definition) is 1. The normalized spacial score (nSPS) is 17.7. The van der Waals surface area contributed by atoms with Gasteiger partial charge in [-0.25, -0.2) is 4.39 Å². The summed E-state index contributed by atoms with van der Waals surface area (Å²) >= 11 is 0. The number of methoxy groups -OCH3 is 1. The van der Waals surface area contributed by atoms with E-state index in [0.717, 1.165) is 25.4 Å². The second-order valence-electron chi connectivity index (χ2n) is 4.51. The Morgan fingerprint density at radius 1 is 1.50 bits per heavy atom. The van der Waals surface area contributed by atoms with Gasteiger partial charge in [-0.05, 0) is 12.1 Å². The van der Waals surface area contributed by atoms with Gasteiger partial charge >= 0.3 is 0 Å². The smallest absolute Gasteiger partial charge is 0.167 e. The molecule has 0 radical (unpaired) electrons. The van der Waals surface area contributed by atoms with E-state index in [1.807, 2.05) is 6.07 Å². The first-order chi connectivity index (χ1) is 7.63. The summed E-state index contributed by atoms with van der Waals surface area (Å²) in [6, 6.07) is 4.88. The van der Waals surface area contributed by atoms with Crippen LogP contribution in [-0.4, -0.2) is 26.9 Å². The standard InChI is InChI=1S/C12H16FNO2/c1-12(7-16-8-12)6-14-9-3-4-11(15-2)10(13)5-9/h3-5,14H,6-8H2,1-2H3. The van der Waals surface area contributed by atoms with Crippen LogP contribution >= 0.6 is 0 Å². The van der Waals surface area contributed by atoms with E-state index in [4.69, 9.17) is 9.47 Å². The summed E-state index contributed by atoms with van der Waals surface area (Å²) < 4.78 is 23.4. The van der Waals surface area contributed by atoms with Gasteiger partial charge in [0.1, 0.15) is 0 Å². The molecule has 2 rings (SSSR count). The molecule has 0 amide bonds. The lowest BCUT2D eigenvalue weighted by atomic mass is 9.89. The summed E-state index contributed by atoms with van der Waals surface area (Å²) in [6.07, 6.45) is 0. The molecule has 1 heterocycles. The Morgan fingerprint density at radius 3 is 2.75 bits per heavy atom. The lowest BCUT2D eigenvalue weighted by Crippen LogP contribution is -2.45. The summed E-state index contributed by atoms with van der Waals surface area (Å²) in [5.74, 6) is -0.0775. The Hall–Kier alpha value is -1.29. The average Bonchev–Trinajstić information content (AvgIpc) is 2.24. The molecule has 16 heavy (non-hydrogen) atoms. The molecule has 1 aromatic rings. The molecule has 0 unspecified atom stereocenters. The van der Waals surface area contributed by atoms with E-state index in [0.29, 0.717) is 0 Å². The monoisotopic (exact) mass is 225 g/mol. The molecule has 88 valence electrons. The van der Waals surface area contributed by atoms with Crippen molar-refractivity contribution in [3.63, 3.8) is 0 Å². The zero-order valence-corrected chi connectivity index (χ0v) is 9.55. The Morgan fingerprint density at radius 2 is 2.25 bits per heavy atom. The van der Waals surface area contributed by atoms with Crippen molar-refractivity contribution in [3.8, 4) is 5.75 Å². The van der Waals surface area contributed by atoms with Crippen LogP contribution in [0.25, 0.3) is 0 Å². The van der Waals surface area contributed by atoms with Crippen LogP contribution in [0.2, 0.25) is 0 Å². The van der Waals surface area contributed by atoms with Gasteiger partial charge in [0.25, 0.3) is 0 Å². The number of hydrogen-bond acceptors (Lipinski definition) is 3. The predicted molar refractivity (Wildman–Crippen MR) is 60.4 cm³/mol. The third-order valence-electron chi connectivity index (χ3n) is 2.77. The number of anilines is 1. The van der Waals surface area contributed by atoms with E-state index in [9.17, 15) is 4.39 Å². The molecule has 1 fully saturated rings. The van der Waals surface area contributed by atoms with Crippen molar-refractivity contribution in [2.75, 3.05) is 32.2 Å². The third kappa shape index (κ3) is 2.27. The van der Waals surface area contributed by atoms with E-state index in [2.05, 4.69) is 12.2 Å². The van der Waals surface area contributed by atoms with E-state index < -0.39 is 0 Å². The quantitative estimate of drug-likeness (QED) is 0.852. The molecule has 0 saturated carbocycles. The average molecular weight is 225 g/mol. The van der Waals surface area contributed by atoms with E-state index in [1.54, 1.807) is 6.07 Å². The van der Waals surface area contributed by atoms with Crippen LogP contribution in [-0.2, 0) is 4.74 Å². The fraction of sp³-hybridized carbons (Fsp3) is 0.500. The van der Waals surface area contributed by atoms with Gasteiger partial charge in [-0.1, -0.05) is 6.92 Å². The van der Waals surface area contributed by atoms with Crippen LogP contribution in [0.1, 0.15) is 6.92 Å². The van der Waals surface area contributed by atoms with Crippen molar-refractivity contribution in [3.05, 3.63) is 24.0 Å². The first kappa shape index (κ1) is 11.2. The summed E-state index contributed by atoms with van der Waals surface area (Å²) in [7, 11) is 1.46. The molecule has 0 spiro atoms. The zero-order valence-electron chi connectivity index (χ0n) is 9.55. The molecule has 1 N–H and O–H groups in total. The SMILES string of the molecule is COc1ccc(NCC2(C)COC2)cc1F. The van der Waals surface area contributed by atoms with E-state index >= 15 is 0 Å². The van der Waals surface area contributed by atoms with Gasteiger partial charge in [0, 0.05) is 23.7 Å². The largest absolute Gasteiger partial charge is 0.494 e. The Bertz CT molecular complexity index is 377. The molecule has 1 aliphatic rings. The number of ether oxygens (including phenoxy) is 2. The van der Waals surface area contributed by atoms with E-state index in [1.165, 1.54) is 13.2 Å². The van der Waals surface area contributed by atoms with Crippen molar-refractivity contribution >= 4 is 5.69 Å². The van der Waals surface area contributed by atoms with Gasteiger partial charge in [0.2, 0.25) is 0 Å². The first-order valence-corrected chi connectivity index (χ1v) is 5.28. The molecular formula is C12H16FNO2. The molecular weight excluding hydrogens is 209 g/mol. The number of benzene rings is 1. The van der Waals surface area contributed by atoms with Gasteiger partial charge in [-0.2, -0.15) is 0 Å². The van der Waals surface area contributed by atoms with Crippen LogP contribution in [0.5, 0.6) is 5.75 Å². The predicted octanol–water partition coefficient (Wildman–Crippen LogP) is 2.28. The summed E-state index contributed by atoms with van der Waals surface area (Å²) in [4.78, 5) is 0. The number of halogens is 1. The highest BCUT2D eigenvalue weighted by Crippen LogP contribution is 2.27. The number of nitrogens with one attached hydrogen (secondary N) is 1. The summed E-state index contributed by atoms with van der Waals surface area (Å²) in [5, 5.41) is 3.20. The van der Waals surface area contributed by atoms with Crippen molar-refractivity contribution in [1.82, 2.24) is 0 Å². The maximum absolute atomic E-state index is 13.4. The topological polar surface area (TPSA) is 30.5 Å². The van der Waals surface area contributed by atoms with E-state index in [-0.39, 0.29) is 17.0 Å². The third-order valence-corrected chi connectivity index (χ3v) is 2.77. The first-order valence-electron chi connectivity index (χ1n) is 5.28. The van der Waals surface area contributed by atoms with Crippen LogP contribution in [0.3, 0.4) is 0 Å². The van der Waals surface area contributed by atoms with Crippen LogP contribution in [0.4, 0.5) is 10.1 Å². The molecule has 1 saturated heterocycles. The van der Waals surface area contributed by atoms with Gasteiger partial charge < -0.3 is 14.8 Å². The Balaban J connectivity index is 1.97. The van der Waals surface area contributed by atoms with Gasteiger partial charge in [0.15, 0.2) is 11.6 Å². The van der Waals surface area contributed by atoms with Crippen LogP contribution in [0.15, 0.2) is 18.2 Å². The highest BCUT2D eigenvalue weighted by atomic mass is 19.1. The fourth-order valence-electron chi connectivity index (χ4n) is 1.64. The maximum atomic E-state index is 13.4. The minimum Gasteiger partial charge on any atom is -0.494 e. The molecule has 1 aliphatic heterocycles. The lowest BCUT2D eigenvalue weighted by Gasteiger charge is -2.38. The highest BCUT2D eigenvalue weighted by molar-refractivity contribution is 5.47. The maximum Gasteiger partial charge on any atom is 0.167 e. The minimum atomic E-state index is -0.345. The second kappa shape index (κ2) is 4.29. The summed E-state index contributed by atoms with van der Waals surface area (Å²) in [5.41, 5.74) is 0.947.